The van der Waals surface area contributed by atoms with Gasteiger partial charge in [-0.05, 0) is 37.3 Å². The fraction of sp³-hybridized carbons (Fsp3) is 0.400. The summed E-state index contributed by atoms with van der Waals surface area (Å²) < 4.78 is 5.73. The normalized spacial score (nSPS) is 17.0. The maximum atomic E-state index is 6.37. The summed E-state index contributed by atoms with van der Waals surface area (Å²) in [6, 6.07) is 8.40. The van der Waals surface area contributed by atoms with Gasteiger partial charge in [0.1, 0.15) is 10.6 Å². The number of benzene rings is 1. The van der Waals surface area contributed by atoms with Crippen molar-refractivity contribution < 1.29 is 4.74 Å². The highest BCUT2D eigenvalue weighted by Crippen LogP contribution is 2.38. The molecule has 5 nitrogen and oxygen atoms in total. The third-order valence-corrected chi connectivity index (χ3v) is 6.50. The van der Waals surface area contributed by atoms with Crippen molar-refractivity contribution >= 4 is 33.1 Å². The molecule has 1 aliphatic carbocycles. The van der Waals surface area contributed by atoms with Gasteiger partial charge in [-0.3, -0.25) is 0 Å². The van der Waals surface area contributed by atoms with Crippen molar-refractivity contribution in [2.45, 2.75) is 38.8 Å². The molecule has 1 aromatic carbocycles. The molecule has 1 aliphatic heterocycles. The molecule has 0 atom stereocenters. The van der Waals surface area contributed by atoms with Crippen LogP contribution in [0.4, 0.5) is 11.5 Å². The van der Waals surface area contributed by atoms with Crippen molar-refractivity contribution in [2.24, 2.45) is 0 Å². The number of nitrogen functional groups attached to an aromatic ring is 1. The Labute approximate surface area is 156 Å². The second-order valence-electron chi connectivity index (χ2n) is 7.02. The molecule has 0 fully saturated rings. The van der Waals surface area contributed by atoms with Gasteiger partial charge in [-0.15, -0.1) is 11.3 Å². The van der Waals surface area contributed by atoms with Crippen molar-refractivity contribution in [1.82, 2.24) is 9.97 Å². The molecule has 0 amide bonds. The summed E-state index contributed by atoms with van der Waals surface area (Å²) in [5.41, 5.74) is 10.2. The molecule has 2 aromatic heterocycles. The van der Waals surface area contributed by atoms with Gasteiger partial charge in [0.05, 0.1) is 25.1 Å². The molecule has 0 radical (unpaired) electrons. The van der Waals surface area contributed by atoms with E-state index >= 15 is 0 Å². The number of aromatic nitrogens is 2. The van der Waals surface area contributed by atoms with Gasteiger partial charge in [-0.2, -0.15) is 0 Å². The van der Waals surface area contributed by atoms with E-state index in [1.54, 1.807) is 11.3 Å². The average molecular weight is 366 g/mol. The first kappa shape index (κ1) is 16.0. The molecule has 6 heteroatoms. The number of nitrogens with two attached hydrogens (primary N) is 1. The summed E-state index contributed by atoms with van der Waals surface area (Å²) in [6.45, 7) is 2.86. The standard InChI is InChI=1S/C20H22N4OS/c21-19-18-14-6-2-4-8-16(14)26-20(18)23-17(22-19)11-24-9-10-25-12-13-5-1-3-7-15(13)24/h1,3,5,7H,2,4,6,8-12H2,(H2,21,22,23). The molecular weight excluding hydrogens is 344 g/mol. The maximum absolute atomic E-state index is 6.37. The first-order valence-electron chi connectivity index (χ1n) is 9.27. The first-order valence-corrected chi connectivity index (χ1v) is 10.1. The molecule has 0 unspecified atom stereocenters. The molecule has 0 spiro atoms. The topological polar surface area (TPSA) is 64.3 Å². The van der Waals surface area contributed by atoms with Crippen molar-refractivity contribution in [2.75, 3.05) is 23.8 Å². The monoisotopic (exact) mass is 366 g/mol. The van der Waals surface area contributed by atoms with Gasteiger partial charge in [-0.1, -0.05) is 18.2 Å². The Morgan fingerprint density at radius 2 is 2.04 bits per heavy atom. The lowest BCUT2D eigenvalue weighted by molar-refractivity contribution is 0.132. The fourth-order valence-electron chi connectivity index (χ4n) is 4.06. The highest BCUT2D eigenvalue weighted by Gasteiger charge is 2.21. The van der Waals surface area contributed by atoms with Crippen LogP contribution in [0, 0.1) is 0 Å². The number of hydrogen-bond donors (Lipinski definition) is 1. The molecule has 26 heavy (non-hydrogen) atoms. The zero-order valence-electron chi connectivity index (χ0n) is 14.7. The molecule has 134 valence electrons. The molecular formula is C20H22N4OS. The number of aryl methyl sites for hydroxylation is 2. The zero-order chi connectivity index (χ0) is 17.5. The van der Waals surface area contributed by atoms with Gasteiger partial charge < -0.3 is 15.4 Å². The van der Waals surface area contributed by atoms with Gasteiger partial charge >= 0.3 is 0 Å². The van der Waals surface area contributed by atoms with Crippen LogP contribution in [0.15, 0.2) is 24.3 Å². The summed E-state index contributed by atoms with van der Waals surface area (Å²) >= 11 is 1.81. The van der Waals surface area contributed by atoms with Crippen molar-refractivity contribution in [1.29, 1.82) is 0 Å². The number of para-hydroxylation sites is 1. The summed E-state index contributed by atoms with van der Waals surface area (Å²) in [4.78, 5) is 14.4. The fourth-order valence-corrected chi connectivity index (χ4v) is 5.34. The summed E-state index contributed by atoms with van der Waals surface area (Å²) in [5, 5.41) is 1.10. The van der Waals surface area contributed by atoms with Gasteiger partial charge in [0, 0.05) is 22.7 Å². The molecule has 2 N–H and O–H groups in total. The van der Waals surface area contributed by atoms with Crippen LogP contribution >= 0.6 is 11.3 Å². The third kappa shape index (κ3) is 2.73. The van der Waals surface area contributed by atoms with Crippen LogP contribution in [0.3, 0.4) is 0 Å². The number of anilines is 2. The van der Waals surface area contributed by atoms with Gasteiger partial charge in [0.15, 0.2) is 5.82 Å². The van der Waals surface area contributed by atoms with E-state index < -0.39 is 0 Å². The minimum absolute atomic E-state index is 0.642. The second-order valence-corrected chi connectivity index (χ2v) is 8.10. The predicted molar refractivity (Wildman–Crippen MR) is 106 cm³/mol. The van der Waals surface area contributed by atoms with Crippen molar-refractivity contribution in [3.05, 3.63) is 46.1 Å². The summed E-state index contributed by atoms with van der Waals surface area (Å²) in [7, 11) is 0. The van der Waals surface area contributed by atoms with Gasteiger partial charge in [-0.25, -0.2) is 9.97 Å². The molecule has 0 saturated carbocycles. The molecule has 2 aliphatic rings. The zero-order valence-corrected chi connectivity index (χ0v) is 15.5. The lowest BCUT2D eigenvalue weighted by Gasteiger charge is -2.23. The molecule has 0 saturated heterocycles. The van der Waals surface area contributed by atoms with E-state index in [1.165, 1.54) is 34.5 Å². The smallest absolute Gasteiger partial charge is 0.151 e. The van der Waals surface area contributed by atoms with Crippen LogP contribution in [0.25, 0.3) is 10.2 Å². The first-order chi connectivity index (χ1) is 12.8. The van der Waals surface area contributed by atoms with E-state index in [9.17, 15) is 0 Å². The lowest BCUT2D eigenvalue weighted by Crippen LogP contribution is -2.26. The Hall–Kier alpha value is -2.18. The van der Waals surface area contributed by atoms with Crippen LogP contribution in [0.1, 0.15) is 34.7 Å². The van der Waals surface area contributed by atoms with Gasteiger partial charge in [0.2, 0.25) is 0 Å². The Kier molecular flexibility index (Phi) is 4.02. The number of rotatable bonds is 2. The largest absolute Gasteiger partial charge is 0.383 e. The van der Waals surface area contributed by atoms with Crippen LogP contribution < -0.4 is 10.6 Å². The Balaban J connectivity index is 1.52. The summed E-state index contributed by atoms with van der Waals surface area (Å²) in [6.07, 6.45) is 4.77. The third-order valence-electron chi connectivity index (χ3n) is 5.32. The molecule has 0 bridgehead atoms. The number of hydrogen-bond acceptors (Lipinski definition) is 6. The van der Waals surface area contributed by atoms with Gasteiger partial charge in [0.25, 0.3) is 0 Å². The van der Waals surface area contributed by atoms with E-state index in [0.29, 0.717) is 25.6 Å². The lowest BCUT2D eigenvalue weighted by atomic mass is 9.97. The van der Waals surface area contributed by atoms with E-state index in [-0.39, 0.29) is 0 Å². The Morgan fingerprint density at radius 1 is 1.15 bits per heavy atom. The molecule has 3 aromatic rings. The maximum Gasteiger partial charge on any atom is 0.151 e. The minimum atomic E-state index is 0.642. The summed E-state index contributed by atoms with van der Waals surface area (Å²) in [5.74, 6) is 1.44. The number of nitrogens with zero attached hydrogens (tertiary/aromatic N) is 3. The minimum Gasteiger partial charge on any atom is -0.383 e. The van der Waals surface area contributed by atoms with E-state index in [0.717, 1.165) is 35.4 Å². The van der Waals surface area contributed by atoms with Crippen LogP contribution in [-0.4, -0.2) is 23.1 Å². The average Bonchev–Trinajstić information content (AvgIpc) is 2.91. The quantitative estimate of drug-likeness (QED) is 0.749. The Bertz CT molecular complexity index is 968. The second kappa shape index (κ2) is 6.52. The van der Waals surface area contributed by atoms with Crippen molar-refractivity contribution in [3.8, 4) is 0 Å². The highest BCUT2D eigenvalue weighted by atomic mass is 32.1. The predicted octanol–water partition coefficient (Wildman–Crippen LogP) is 3.69. The van der Waals surface area contributed by atoms with Crippen molar-refractivity contribution in [3.63, 3.8) is 0 Å². The van der Waals surface area contributed by atoms with E-state index in [4.69, 9.17) is 15.5 Å². The van der Waals surface area contributed by atoms with Crippen LogP contribution in [-0.2, 0) is 30.7 Å². The number of fused-ring (bicyclic) bond motifs is 4. The number of thiophene rings is 1. The Morgan fingerprint density at radius 3 is 3.00 bits per heavy atom. The number of ether oxygens (including phenoxy) is 1. The van der Waals surface area contributed by atoms with Crippen LogP contribution in [0.2, 0.25) is 0 Å². The van der Waals surface area contributed by atoms with Crippen LogP contribution in [0.5, 0.6) is 0 Å². The van der Waals surface area contributed by atoms with E-state index in [2.05, 4.69) is 34.1 Å². The molecule has 5 rings (SSSR count). The van der Waals surface area contributed by atoms with E-state index in [1.807, 2.05) is 0 Å². The highest BCUT2D eigenvalue weighted by molar-refractivity contribution is 7.19. The SMILES string of the molecule is Nc1nc(CN2CCOCc3ccccc32)nc2sc3c(c12)CCCC3. The molecule has 3 heterocycles.